The Morgan fingerprint density at radius 1 is 0.727 bits per heavy atom. The number of hydrogen-bond donors (Lipinski definition) is 4. The van der Waals surface area contributed by atoms with Crippen LogP contribution in [0.5, 0.6) is 0 Å². The third-order valence-electron chi connectivity index (χ3n) is 3.64. The molecule has 0 aromatic heterocycles. The smallest absolute Gasteiger partial charge is 0.222 e. The van der Waals surface area contributed by atoms with Crippen LogP contribution in [-0.4, -0.2) is 50.2 Å². The zero-order valence-electron chi connectivity index (χ0n) is 15.5. The second-order valence-electron chi connectivity index (χ2n) is 6.84. The van der Waals surface area contributed by atoms with Crippen LogP contribution in [0.3, 0.4) is 0 Å². The van der Waals surface area contributed by atoms with Crippen molar-refractivity contribution < 1.29 is 4.79 Å². The van der Waals surface area contributed by atoms with Gasteiger partial charge in [0, 0.05) is 50.2 Å². The topological polar surface area (TPSA) is 65.2 Å². The quantitative estimate of drug-likeness (QED) is 0.389. The summed E-state index contributed by atoms with van der Waals surface area (Å²) in [5, 5.41) is 13.3. The fourth-order valence-electron chi connectivity index (χ4n) is 2.09. The van der Waals surface area contributed by atoms with Gasteiger partial charge in [-0.15, -0.1) is 0 Å². The largest absolute Gasteiger partial charge is 0.355 e. The van der Waals surface area contributed by atoms with Crippen molar-refractivity contribution in [2.45, 2.75) is 72.5 Å². The predicted octanol–water partition coefficient (Wildman–Crippen LogP) is 1.49. The van der Waals surface area contributed by atoms with Crippen molar-refractivity contribution in [3.63, 3.8) is 0 Å². The Hall–Kier alpha value is -0.650. The standard InChI is InChI=1S/C17H38N4O/c1-13(2)17(22)21-12-11-20-16(6)8-7-15(5)19-10-9-18-14(3)4/h13-16,18-20H,7-12H2,1-6H3,(H,21,22). The molecule has 0 saturated carbocycles. The minimum atomic E-state index is 0.0644. The lowest BCUT2D eigenvalue weighted by atomic mass is 10.1. The summed E-state index contributed by atoms with van der Waals surface area (Å²) >= 11 is 0. The van der Waals surface area contributed by atoms with E-state index < -0.39 is 0 Å². The van der Waals surface area contributed by atoms with Crippen LogP contribution in [0.1, 0.15) is 54.4 Å². The Bertz CT molecular complexity index is 282. The predicted molar refractivity (Wildman–Crippen MR) is 95.1 cm³/mol. The zero-order valence-corrected chi connectivity index (χ0v) is 15.5. The number of rotatable bonds is 13. The molecule has 0 saturated heterocycles. The molecule has 0 fully saturated rings. The molecule has 0 aliphatic heterocycles. The summed E-state index contributed by atoms with van der Waals surface area (Å²) < 4.78 is 0. The Labute approximate surface area is 137 Å². The highest BCUT2D eigenvalue weighted by atomic mass is 16.1. The molecule has 5 heteroatoms. The van der Waals surface area contributed by atoms with E-state index in [1.807, 2.05) is 13.8 Å². The fraction of sp³-hybridized carbons (Fsp3) is 0.941. The first-order valence-electron chi connectivity index (χ1n) is 8.80. The van der Waals surface area contributed by atoms with Crippen LogP contribution in [0.2, 0.25) is 0 Å². The lowest BCUT2D eigenvalue weighted by Crippen LogP contribution is -2.39. The number of carbonyl (C=O) groups excluding carboxylic acids is 1. The number of nitrogens with one attached hydrogen (secondary N) is 4. The summed E-state index contributed by atoms with van der Waals surface area (Å²) in [6, 6.07) is 1.57. The Morgan fingerprint density at radius 2 is 1.18 bits per heavy atom. The molecule has 0 rings (SSSR count). The summed E-state index contributed by atoms with van der Waals surface area (Å²) in [6.07, 6.45) is 2.30. The van der Waals surface area contributed by atoms with E-state index in [1.54, 1.807) is 0 Å². The van der Waals surface area contributed by atoms with Crippen molar-refractivity contribution in [2.75, 3.05) is 26.2 Å². The first kappa shape index (κ1) is 21.4. The van der Waals surface area contributed by atoms with E-state index in [0.717, 1.165) is 32.5 Å². The average Bonchev–Trinajstić information content (AvgIpc) is 2.45. The second-order valence-corrected chi connectivity index (χ2v) is 6.84. The van der Waals surface area contributed by atoms with Gasteiger partial charge >= 0.3 is 0 Å². The molecular weight excluding hydrogens is 276 g/mol. The molecule has 132 valence electrons. The van der Waals surface area contributed by atoms with Gasteiger partial charge in [0.15, 0.2) is 0 Å². The van der Waals surface area contributed by atoms with Crippen molar-refractivity contribution in [3.05, 3.63) is 0 Å². The highest BCUT2D eigenvalue weighted by molar-refractivity contribution is 5.77. The van der Waals surface area contributed by atoms with Gasteiger partial charge in [-0.25, -0.2) is 0 Å². The first-order valence-corrected chi connectivity index (χ1v) is 8.80. The normalized spacial score (nSPS) is 14.4. The minimum absolute atomic E-state index is 0.0644. The molecule has 22 heavy (non-hydrogen) atoms. The van der Waals surface area contributed by atoms with Gasteiger partial charge in [-0.1, -0.05) is 27.7 Å². The third-order valence-corrected chi connectivity index (χ3v) is 3.64. The van der Waals surface area contributed by atoms with E-state index in [9.17, 15) is 4.79 Å². The van der Waals surface area contributed by atoms with Crippen molar-refractivity contribution >= 4 is 5.91 Å². The number of carbonyl (C=O) groups is 1. The maximum Gasteiger partial charge on any atom is 0.222 e. The molecule has 0 heterocycles. The molecule has 0 spiro atoms. The van der Waals surface area contributed by atoms with Gasteiger partial charge < -0.3 is 21.3 Å². The summed E-state index contributed by atoms with van der Waals surface area (Å²) in [4.78, 5) is 11.4. The van der Waals surface area contributed by atoms with Crippen molar-refractivity contribution in [1.29, 1.82) is 0 Å². The number of hydrogen-bond acceptors (Lipinski definition) is 4. The summed E-state index contributed by atoms with van der Waals surface area (Å²) in [7, 11) is 0. The van der Waals surface area contributed by atoms with Crippen LogP contribution >= 0.6 is 0 Å². The van der Waals surface area contributed by atoms with Crippen molar-refractivity contribution in [2.24, 2.45) is 5.92 Å². The number of amides is 1. The van der Waals surface area contributed by atoms with Gasteiger partial charge in [-0.3, -0.25) is 4.79 Å². The van der Waals surface area contributed by atoms with Crippen molar-refractivity contribution in [3.8, 4) is 0 Å². The average molecular weight is 315 g/mol. The summed E-state index contributed by atoms with van der Waals surface area (Å²) in [5.74, 6) is 0.191. The lowest BCUT2D eigenvalue weighted by molar-refractivity contribution is -0.123. The van der Waals surface area contributed by atoms with Crippen LogP contribution in [0.15, 0.2) is 0 Å². The van der Waals surface area contributed by atoms with Crippen LogP contribution in [-0.2, 0) is 4.79 Å². The van der Waals surface area contributed by atoms with Gasteiger partial charge in [-0.05, 0) is 26.7 Å². The maximum absolute atomic E-state index is 11.4. The minimum Gasteiger partial charge on any atom is -0.355 e. The first-order chi connectivity index (χ1) is 10.3. The highest BCUT2D eigenvalue weighted by Gasteiger charge is 2.07. The summed E-state index contributed by atoms with van der Waals surface area (Å²) in [6.45, 7) is 16.2. The van der Waals surface area contributed by atoms with Gasteiger partial charge in [0.05, 0.1) is 0 Å². The van der Waals surface area contributed by atoms with E-state index in [-0.39, 0.29) is 11.8 Å². The molecule has 2 unspecified atom stereocenters. The zero-order chi connectivity index (χ0) is 17.0. The van der Waals surface area contributed by atoms with E-state index in [2.05, 4.69) is 49.0 Å². The molecule has 5 nitrogen and oxygen atoms in total. The van der Waals surface area contributed by atoms with Crippen LogP contribution in [0.25, 0.3) is 0 Å². The van der Waals surface area contributed by atoms with Gasteiger partial charge in [0.25, 0.3) is 0 Å². The molecule has 0 aromatic carbocycles. The highest BCUT2D eigenvalue weighted by Crippen LogP contribution is 2.00. The van der Waals surface area contributed by atoms with Gasteiger partial charge in [-0.2, -0.15) is 0 Å². The molecule has 1 amide bonds. The molecular formula is C17H38N4O. The lowest BCUT2D eigenvalue weighted by Gasteiger charge is -2.19. The molecule has 0 aliphatic rings. The third kappa shape index (κ3) is 13.0. The molecule has 0 aromatic rings. The van der Waals surface area contributed by atoms with E-state index in [0.29, 0.717) is 24.7 Å². The second kappa shape index (κ2) is 12.9. The Morgan fingerprint density at radius 3 is 1.64 bits per heavy atom. The van der Waals surface area contributed by atoms with Crippen LogP contribution in [0.4, 0.5) is 0 Å². The van der Waals surface area contributed by atoms with Crippen LogP contribution in [0, 0.1) is 5.92 Å². The molecule has 2 atom stereocenters. The molecule has 0 radical (unpaired) electrons. The SMILES string of the molecule is CC(C)NCCNC(C)CCC(C)NCCNC(=O)C(C)C. The van der Waals surface area contributed by atoms with E-state index in [1.165, 1.54) is 0 Å². The molecule has 0 bridgehead atoms. The maximum atomic E-state index is 11.4. The Balaban J connectivity index is 3.51. The molecule has 4 N–H and O–H groups in total. The Kier molecular flexibility index (Phi) is 12.5. The van der Waals surface area contributed by atoms with Crippen molar-refractivity contribution in [1.82, 2.24) is 21.3 Å². The van der Waals surface area contributed by atoms with E-state index >= 15 is 0 Å². The van der Waals surface area contributed by atoms with Gasteiger partial charge in [0.2, 0.25) is 5.91 Å². The monoisotopic (exact) mass is 314 g/mol. The van der Waals surface area contributed by atoms with Crippen LogP contribution < -0.4 is 21.3 Å². The molecule has 0 aliphatic carbocycles. The fourth-order valence-corrected chi connectivity index (χ4v) is 2.09. The van der Waals surface area contributed by atoms with Gasteiger partial charge in [0.1, 0.15) is 0 Å². The van der Waals surface area contributed by atoms with E-state index in [4.69, 9.17) is 0 Å². The summed E-state index contributed by atoms with van der Waals surface area (Å²) in [5.41, 5.74) is 0.